The molecule has 1 amide bonds. The van der Waals surface area contributed by atoms with Crippen LogP contribution in [-0.2, 0) is 4.79 Å². The van der Waals surface area contributed by atoms with E-state index in [1.165, 1.54) is 0 Å². The topological polar surface area (TPSA) is 66.9 Å². The lowest BCUT2D eigenvalue weighted by Gasteiger charge is -2.20. The molecule has 0 unspecified atom stereocenters. The van der Waals surface area contributed by atoms with Gasteiger partial charge in [0.05, 0.1) is 17.9 Å². The number of halogens is 1. The van der Waals surface area contributed by atoms with Crippen LogP contribution in [0.4, 0.5) is 5.82 Å². The second-order valence-corrected chi connectivity index (χ2v) is 5.54. The summed E-state index contributed by atoms with van der Waals surface area (Å²) in [6.07, 6.45) is 0. The Kier molecular flexibility index (Phi) is 4.51. The summed E-state index contributed by atoms with van der Waals surface area (Å²) in [5, 5.41) is 6.01. The zero-order valence-electron chi connectivity index (χ0n) is 11.4. The van der Waals surface area contributed by atoms with Crippen LogP contribution in [0, 0.1) is 13.8 Å². The number of carbonyl (C=O) groups excluding carboxylic acids is 1. The third-order valence-corrected chi connectivity index (χ3v) is 2.46. The average Bonchev–Trinajstić information content (AvgIpc) is 2.19. The molecule has 18 heavy (non-hydrogen) atoms. The van der Waals surface area contributed by atoms with Gasteiger partial charge in [0.15, 0.2) is 11.0 Å². The molecule has 5 nitrogen and oxygen atoms in total. The summed E-state index contributed by atoms with van der Waals surface area (Å²) in [5.41, 5.74) is 1.32. The van der Waals surface area contributed by atoms with Crippen molar-refractivity contribution in [3.05, 3.63) is 16.5 Å². The van der Waals surface area contributed by atoms with Crippen molar-refractivity contribution in [1.82, 2.24) is 15.3 Å². The van der Waals surface area contributed by atoms with Crippen molar-refractivity contribution in [2.45, 2.75) is 40.2 Å². The Labute approximate surface area is 112 Å². The molecule has 1 aromatic heterocycles. The van der Waals surface area contributed by atoms with Gasteiger partial charge in [-0.15, -0.1) is 0 Å². The van der Waals surface area contributed by atoms with E-state index in [1.54, 1.807) is 0 Å². The fourth-order valence-electron chi connectivity index (χ4n) is 1.31. The fourth-order valence-corrected chi connectivity index (χ4v) is 1.55. The lowest BCUT2D eigenvalue weighted by Crippen LogP contribution is -2.43. The maximum absolute atomic E-state index is 11.6. The van der Waals surface area contributed by atoms with Crippen molar-refractivity contribution >= 4 is 23.3 Å². The molecule has 1 aromatic rings. The summed E-state index contributed by atoms with van der Waals surface area (Å²) in [6, 6.07) is 0. The van der Waals surface area contributed by atoms with E-state index in [0.717, 1.165) is 11.4 Å². The number of nitrogens with one attached hydrogen (secondary N) is 2. The Morgan fingerprint density at radius 3 is 2.33 bits per heavy atom. The van der Waals surface area contributed by atoms with Crippen molar-refractivity contribution in [3.63, 3.8) is 0 Å². The van der Waals surface area contributed by atoms with Gasteiger partial charge in [-0.1, -0.05) is 11.6 Å². The van der Waals surface area contributed by atoms with Crippen LogP contribution in [0.15, 0.2) is 0 Å². The number of aromatic nitrogens is 2. The highest BCUT2D eigenvalue weighted by Crippen LogP contribution is 2.17. The first-order valence-corrected chi connectivity index (χ1v) is 6.12. The molecule has 6 heteroatoms. The molecule has 1 rings (SSSR count). The predicted molar refractivity (Wildman–Crippen MR) is 72.9 cm³/mol. The predicted octanol–water partition coefficient (Wildman–Crippen LogP) is 2.07. The van der Waals surface area contributed by atoms with Gasteiger partial charge in [-0.25, -0.2) is 9.97 Å². The van der Waals surface area contributed by atoms with Crippen LogP contribution in [0.25, 0.3) is 0 Å². The molecule has 2 N–H and O–H groups in total. The van der Waals surface area contributed by atoms with Gasteiger partial charge in [0, 0.05) is 5.54 Å². The van der Waals surface area contributed by atoms with E-state index in [4.69, 9.17) is 11.6 Å². The molecule has 0 aromatic carbocycles. The van der Waals surface area contributed by atoms with Crippen LogP contribution in [0.2, 0.25) is 5.15 Å². The maximum Gasteiger partial charge on any atom is 0.239 e. The van der Waals surface area contributed by atoms with E-state index in [2.05, 4.69) is 20.6 Å². The van der Waals surface area contributed by atoms with Crippen LogP contribution >= 0.6 is 11.6 Å². The number of hydrogen-bond acceptors (Lipinski definition) is 4. The number of carbonyl (C=O) groups is 1. The third kappa shape index (κ3) is 4.49. The Hall–Kier alpha value is -1.36. The highest BCUT2D eigenvalue weighted by Gasteiger charge is 2.14. The van der Waals surface area contributed by atoms with E-state index in [1.807, 2.05) is 34.6 Å². The summed E-state index contributed by atoms with van der Waals surface area (Å²) in [6.45, 7) is 9.58. The monoisotopic (exact) mass is 270 g/mol. The summed E-state index contributed by atoms with van der Waals surface area (Å²) in [5.74, 6) is 0.322. The number of amides is 1. The van der Waals surface area contributed by atoms with Crippen LogP contribution in [0.5, 0.6) is 0 Å². The van der Waals surface area contributed by atoms with Crippen LogP contribution in [-0.4, -0.2) is 28.0 Å². The van der Waals surface area contributed by atoms with Gasteiger partial charge in [-0.05, 0) is 34.6 Å². The van der Waals surface area contributed by atoms with Gasteiger partial charge < -0.3 is 10.6 Å². The fraction of sp³-hybridized carbons (Fsp3) is 0.583. The molecule has 0 spiro atoms. The summed E-state index contributed by atoms with van der Waals surface area (Å²) < 4.78 is 0. The van der Waals surface area contributed by atoms with Crippen LogP contribution in [0.1, 0.15) is 32.2 Å². The molecule has 0 bridgehead atoms. The lowest BCUT2D eigenvalue weighted by atomic mass is 10.1. The van der Waals surface area contributed by atoms with Crippen LogP contribution in [0.3, 0.4) is 0 Å². The third-order valence-electron chi connectivity index (χ3n) is 2.20. The largest absolute Gasteiger partial charge is 0.358 e. The van der Waals surface area contributed by atoms with E-state index in [0.29, 0.717) is 5.82 Å². The van der Waals surface area contributed by atoms with E-state index in [-0.39, 0.29) is 23.1 Å². The summed E-state index contributed by atoms with van der Waals surface area (Å²) >= 11 is 5.95. The van der Waals surface area contributed by atoms with Crippen LogP contribution < -0.4 is 10.6 Å². The van der Waals surface area contributed by atoms with Gasteiger partial charge >= 0.3 is 0 Å². The van der Waals surface area contributed by atoms with Crippen molar-refractivity contribution < 1.29 is 4.79 Å². The first-order valence-electron chi connectivity index (χ1n) is 5.74. The lowest BCUT2D eigenvalue weighted by molar-refractivity contribution is -0.120. The zero-order valence-corrected chi connectivity index (χ0v) is 12.1. The number of aryl methyl sites for hydroxylation is 2. The maximum atomic E-state index is 11.6. The normalized spacial score (nSPS) is 11.2. The quantitative estimate of drug-likeness (QED) is 0.882. The van der Waals surface area contributed by atoms with Crippen molar-refractivity contribution in [2.24, 2.45) is 0 Å². The summed E-state index contributed by atoms with van der Waals surface area (Å²) in [4.78, 5) is 20.0. The highest BCUT2D eigenvalue weighted by atomic mass is 35.5. The summed E-state index contributed by atoms with van der Waals surface area (Å²) in [7, 11) is 0. The van der Waals surface area contributed by atoms with Gasteiger partial charge in [-0.2, -0.15) is 0 Å². The minimum Gasteiger partial charge on any atom is -0.358 e. The molecule has 0 saturated carbocycles. The molecule has 0 fully saturated rings. The highest BCUT2D eigenvalue weighted by molar-refractivity contribution is 6.31. The molecule has 0 radical (unpaired) electrons. The SMILES string of the molecule is Cc1nc(Cl)c(NCC(=O)NC(C)(C)C)nc1C. The second kappa shape index (κ2) is 5.52. The average molecular weight is 271 g/mol. The van der Waals surface area contributed by atoms with E-state index >= 15 is 0 Å². The van der Waals surface area contributed by atoms with Gasteiger partial charge in [-0.3, -0.25) is 4.79 Å². The molecular formula is C12H19ClN4O. The second-order valence-electron chi connectivity index (χ2n) is 5.19. The van der Waals surface area contributed by atoms with Gasteiger partial charge in [0.1, 0.15) is 0 Å². The Balaban J connectivity index is 2.64. The number of anilines is 1. The molecule has 1 heterocycles. The first kappa shape index (κ1) is 14.7. The standard InChI is InChI=1S/C12H19ClN4O/c1-7-8(2)16-11(10(13)15-7)14-6-9(18)17-12(3,4)5/h6H2,1-5H3,(H,14,16)(H,17,18). The number of hydrogen-bond donors (Lipinski definition) is 2. The Morgan fingerprint density at radius 1 is 1.22 bits per heavy atom. The molecule has 0 aliphatic heterocycles. The van der Waals surface area contributed by atoms with E-state index < -0.39 is 0 Å². The number of nitrogens with zero attached hydrogens (tertiary/aromatic N) is 2. The van der Waals surface area contributed by atoms with E-state index in [9.17, 15) is 4.79 Å². The molecule has 0 aliphatic carbocycles. The molecule has 0 aliphatic rings. The Bertz CT molecular complexity index is 454. The van der Waals surface area contributed by atoms with Gasteiger partial charge in [0.25, 0.3) is 0 Å². The Morgan fingerprint density at radius 2 is 1.78 bits per heavy atom. The molecule has 100 valence electrons. The smallest absolute Gasteiger partial charge is 0.239 e. The van der Waals surface area contributed by atoms with Crippen molar-refractivity contribution in [3.8, 4) is 0 Å². The molecule has 0 saturated heterocycles. The first-order chi connectivity index (χ1) is 8.19. The van der Waals surface area contributed by atoms with Gasteiger partial charge in [0.2, 0.25) is 5.91 Å². The molecular weight excluding hydrogens is 252 g/mol. The zero-order chi connectivity index (χ0) is 13.9. The minimum atomic E-state index is -0.253. The number of rotatable bonds is 3. The van der Waals surface area contributed by atoms with Crippen molar-refractivity contribution in [1.29, 1.82) is 0 Å². The molecule has 0 atom stereocenters. The van der Waals surface area contributed by atoms with Crippen molar-refractivity contribution in [2.75, 3.05) is 11.9 Å². The minimum absolute atomic E-state index is 0.112.